The Bertz CT molecular complexity index is 1450. The van der Waals surface area contributed by atoms with E-state index in [1.165, 1.54) is 28.4 Å². The number of esters is 1. The first kappa shape index (κ1) is 29.4. The molecule has 1 N–H and O–H groups in total. The van der Waals surface area contributed by atoms with Gasteiger partial charge in [0, 0.05) is 18.1 Å². The van der Waals surface area contributed by atoms with Crippen LogP contribution in [0.4, 0.5) is 4.79 Å². The van der Waals surface area contributed by atoms with Crippen molar-refractivity contribution in [3.05, 3.63) is 113 Å². The fraction of sp³-hybridized carbons (Fsp3) is 0.258. The van der Waals surface area contributed by atoms with E-state index >= 15 is 0 Å². The average molecular weight is 603 g/mol. The van der Waals surface area contributed by atoms with E-state index in [9.17, 15) is 14.4 Å². The van der Waals surface area contributed by atoms with Crippen LogP contribution in [-0.2, 0) is 19.1 Å². The van der Waals surface area contributed by atoms with Crippen LogP contribution >= 0.6 is 23.5 Å². The summed E-state index contributed by atoms with van der Waals surface area (Å²) in [7, 11) is 0. The van der Waals surface area contributed by atoms with Crippen molar-refractivity contribution in [2.45, 2.75) is 49.0 Å². The molecule has 42 heavy (non-hydrogen) atoms. The van der Waals surface area contributed by atoms with E-state index in [2.05, 4.69) is 15.3 Å². The van der Waals surface area contributed by atoms with Gasteiger partial charge in [0.15, 0.2) is 11.3 Å². The predicted molar refractivity (Wildman–Crippen MR) is 161 cm³/mol. The Kier molecular flexibility index (Phi) is 8.98. The molecule has 2 aromatic carbocycles. The molecule has 0 bridgehead atoms. The minimum absolute atomic E-state index is 0.147. The Hall–Kier alpha value is -4.09. The van der Waals surface area contributed by atoms with Gasteiger partial charge in [-0.1, -0.05) is 72.4 Å². The van der Waals surface area contributed by atoms with Crippen LogP contribution in [0.1, 0.15) is 38.0 Å². The van der Waals surface area contributed by atoms with Crippen molar-refractivity contribution < 1.29 is 23.9 Å². The fourth-order valence-corrected chi connectivity index (χ4v) is 6.38. The molecule has 2 atom stereocenters. The highest BCUT2D eigenvalue weighted by Crippen LogP contribution is 2.42. The van der Waals surface area contributed by atoms with Crippen LogP contribution in [0.3, 0.4) is 0 Å². The molecular formula is C31H30N4O5S2. The molecule has 216 valence electrons. The van der Waals surface area contributed by atoms with Gasteiger partial charge in [-0.15, -0.1) is 11.8 Å². The van der Waals surface area contributed by atoms with Crippen LogP contribution < -0.4 is 5.32 Å². The summed E-state index contributed by atoms with van der Waals surface area (Å²) in [6, 6.07) is 19.8. The number of ether oxygens (including phenoxy) is 2. The number of hydrogen-bond acceptors (Lipinski definition) is 9. The van der Waals surface area contributed by atoms with Gasteiger partial charge in [0.25, 0.3) is 5.91 Å². The maximum absolute atomic E-state index is 14.0. The number of carbonyl (C=O) groups excluding carboxylic acids is 3. The highest BCUT2D eigenvalue weighted by Gasteiger charge is 2.54. The molecule has 2 aliphatic heterocycles. The minimum Gasteiger partial charge on any atom is -0.448 e. The number of nitrogens with one attached hydrogen (secondary N) is 1. The number of allylic oxidation sites excluding steroid dienone is 1. The second kappa shape index (κ2) is 12.8. The topological polar surface area (TPSA) is 111 Å². The Morgan fingerprint density at radius 1 is 1.02 bits per heavy atom. The van der Waals surface area contributed by atoms with E-state index in [1.807, 2.05) is 60.7 Å². The molecule has 0 aliphatic carbocycles. The number of thioether (sulfide) groups is 2. The Labute approximate surface area is 252 Å². The van der Waals surface area contributed by atoms with Crippen LogP contribution in [0, 0.1) is 0 Å². The first-order valence-electron chi connectivity index (χ1n) is 13.3. The molecule has 9 nitrogen and oxygen atoms in total. The maximum atomic E-state index is 14.0. The summed E-state index contributed by atoms with van der Waals surface area (Å²) in [5, 5.41) is 4.52. The number of alkyl carbamates (subject to hydrolysis) is 1. The Morgan fingerprint density at radius 3 is 2.24 bits per heavy atom. The molecule has 3 aromatic rings. The lowest BCUT2D eigenvalue weighted by molar-refractivity contribution is -0.153. The van der Waals surface area contributed by atoms with E-state index in [1.54, 1.807) is 50.7 Å². The molecule has 0 spiro atoms. The second-order valence-corrected chi connectivity index (χ2v) is 12.4. The number of amides is 2. The van der Waals surface area contributed by atoms with Gasteiger partial charge in [-0.25, -0.2) is 19.6 Å². The van der Waals surface area contributed by atoms with Crippen molar-refractivity contribution in [3.8, 4) is 0 Å². The smallest absolute Gasteiger partial charge is 0.408 e. The van der Waals surface area contributed by atoms with Crippen LogP contribution in [0.15, 0.2) is 107 Å². The van der Waals surface area contributed by atoms with Crippen LogP contribution in [0.2, 0.25) is 0 Å². The molecule has 1 aromatic heterocycles. The molecule has 1 fully saturated rings. The van der Waals surface area contributed by atoms with Crippen LogP contribution in [0.5, 0.6) is 0 Å². The molecular weight excluding hydrogens is 572 g/mol. The van der Waals surface area contributed by atoms with Crippen molar-refractivity contribution in [2.75, 3.05) is 5.75 Å². The largest absolute Gasteiger partial charge is 0.448 e. The molecule has 1 saturated heterocycles. The minimum atomic E-state index is -0.829. The Morgan fingerprint density at radius 2 is 1.64 bits per heavy atom. The zero-order valence-corrected chi connectivity index (χ0v) is 24.9. The summed E-state index contributed by atoms with van der Waals surface area (Å²) in [5.41, 5.74) is 1.65. The zero-order chi connectivity index (χ0) is 29.7. The molecule has 5 rings (SSSR count). The number of aromatic nitrogens is 2. The van der Waals surface area contributed by atoms with E-state index in [-0.39, 0.29) is 5.70 Å². The normalized spacial score (nSPS) is 18.5. The first-order chi connectivity index (χ1) is 20.2. The molecule has 3 heterocycles. The first-order valence-corrected chi connectivity index (χ1v) is 15.2. The summed E-state index contributed by atoms with van der Waals surface area (Å²) in [5.74, 6) is -0.631. The van der Waals surface area contributed by atoms with Gasteiger partial charge in [-0.05, 0) is 55.0 Å². The average Bonchev–Trinajstić information content (AvgIpc) is 2.98. The van der Waals surface area contributed by atoms with Gasteiger partial charge in [0.05, 0.1) is 0 Å². The zero-order valence-electron chi connectivity index (χ0n) is 23.3. The Balaban J connectivity index is 1.44. The summed E-state index contributed by atoms with van der Waals surface area (Å²) in [6.45, 7) is 5.25. The van der Waals surface area contributed by atoms with Gasteiger partial charge in [-0.2, -0.15) is 0 Å². The van der Waals surface area contributed by atoms with Crippen molar-refractivity contribution in [3.63, 3.8) is 0 Å². The number of benzene rings is 2. The van der Waals surface area contributed by atoms with Gasteiger partial charge >= 0.3 is 12.1 Å². The molecule has 2 aliphatic rings. The van der Waals surface area contributed by atoms with Crippen LogP contribution in [0.25, 0.3) is 0 Å². The third-order valence-electron chi connectivity index (χ3n) is 6.28. The van der Waals surface area contributed by atoms with Gasteiger partial charge in [0.1, 0.15) is 22.7 Å². The molecule has 0 saturated carbocycles. The summed E-state index contributed by atoms with van der Waals surface area (Å²) < 4.78 is 11.5. The van der Waals surface area contributed by atoms with Gasteiger partial charge in [0.2, 0.25) is 0 Å². The van der Waals surface area contributed by atoms with E-state index in [0.29, 0.717) is 16.5 Å². The fourth-order valence-electron chi connectivity index (χ4n) is 4.46. The SMILES string of the molecule is CC(C)(C)OC(=O)NC1C(=O)N2C(C(=O)OC(c3ccccc3)c3ccccc3)=C(/C=C/Sc3ncccn3)CSC12. The summed E-state index contributed by atoms with van der Waals surface area (Å²) >= 11 is 2.74. The summed E-state index contributed by atoms with van der Waals surface area (Å²) in [6.07, 6.45) is 3.70. The molecule has 2 unspecified atom stereocenters. The number of rotatable bonds is 8. The number of carbonyl (C=O) groups is 3. The van der Waals surface area contributed by atoms with E-state index < -0.39 is 41.1 Å². The van der Waals surface area contributed by atoms with Crippen molar-refractivity contribution in [2.24, 2.45) is 0 Å². The number of nitrogens with zero attached hydrogens (tertiary/aromatic N) is 3. The highest BCUT2D eigenvalue weighted by atomic mass is 32.2. The second-order valence-electron chi connectivity index (χ2n) is 10.5. The molecule has 2 amide bonds. The quantitative estimate of drug-likeness (QED) is 0.155. The lowest BCUT2D eigenvalue weighted by Gasteiger charge is -2.49. The molecule has 11 heteroatoms. The van der Waals surface area contributed by atoms with Gasteiger partial charge in [-0.3, -0.25) is 9.69 Å². The van der Waals surface area contributed by atoms with Crippen molar-refractivity contribution in [1.29, 1.82) is 0 Å². The standard InChI is InChI=1S/C31H30N4O5S2/c1-31(2,3)40-30(38)34-23-26(36)35-24(22(19-42-27(23)35)15-18-41-29-32-16-10-17-33-29)28(37)39-25(20-11-6-4-7-12-20)21-13-8-5-9-14-21/h4-18,23,25,27H,19H2,1-3H3,(H,34,38)/b18-15+. The highest BCUT2D eigenvalue weighted by molar-refractivity contribution is 8.02. The summed E-state index contributed by atoms with van der Waals surface area (Å²) in [4.78, 5) is 49.7. The number of β-lactam (4-membered cyclic amide) rings is 1. The predicted octanol–water partition coefficient (Wildman–Crippen LogP) is 5.48. The molecule has 0 radical (unpaired) electrons. The number of hydrogen-bond donors (Lipinski definition) is 1. The maximum Gasteiger partial charge on any atom is 0.408 e. The van der Waals surface area contributed by atoms with Crippen LogP contribution in [-0.4, -0.2) is 55.6 Å². The monoisotopic (exact) mass is 602 g/mol. The van der Waals surface area contributed by atoms with Crippen molar-refractivity contribution >= 4 is 41.5 Å². The lowest BCUT2D eigenvalue weighted by atomic mass is 10.0. The van der Waals surface area contributed by atoms with Crippen molar-refractivity contribution in [1.82, 2.24) is 20.2 Å². The third kappa shape index (κ3) is 6.85. The van der Waals surface area contributed by atoms with Gasteiger partial charge < -0.3 is 14.8 Å². The van der Waals surface area contributed by atoms with E-state index in [4.69, 9.17) is 9.47 Å². The number of fused-ring (bicyclic) bond motifs is 1. The third-order valence-corrected chi connectivity index (χ3v) is 8.27. The van der Waals surface area contributed by atoms with E-state index in [0.717, 1.165) is 11.1 Å². The lowest BCUT2D eigenvalue weighted by Crippen LogP contribution is -2.70.